The topological polar surface area (TPSA) is 98.2 Å². The fourth-order valence-electron chi connectivity index (χ4n) is 3.03. The lowest BCUT2D eigenvalue weighted by Gasteiger charge is -2.34. The van der Waals surface area contributed by atoms with Crippen molar-refractivity contribution in [3.63, 3.8) is 0 Å². The minimum Gasteiger partial charge on any atom is -0.473 e. The predicted molar refractivity (Wildman–Crippen MR) is 115 cm³/mol. The van der Waals surface area contributed by atoms with Crippen molar-refractivity contribution >= 4 is 29.6 Å². The molecule has 0 spiro atoms. The van der Waals surface area contributed by atoms with Gasteiger partial charge in [0.05, 0.1) is 6.42 Å². The Morgan fingerprint density at radius 1 is 0.833 bits per heavy atom. The summed E-state index contributed by atoms with van der Waals surface area (Å²) in [5.74, 6) is -3.41. The highest BCUT2D eigenvalue weighted by molar-refractivity contribution is 7.98. The second-order valence-electron chi connectivity index (χ2n) is 6.78. The zero-order valence-corrected chi connectivity index (χ0v) is 17.7. The van der Waals surface area contributed by atoms with Gasteiger partial charge in [0, 0.05) is 37.6 Å². The van der Waals surface area contributed by atoms with Gasteiger partial charge in [0.1, 0.15) is 0 Å². The molecule has 1 heterocycles. The van der Waals surface area contributed by atoms with Crippen LogP contribution in [0, 0.1) is 0 Å². The molecule has 0 aliphatic carbocycles. The Morgan fingerprint density at radius 2 is 1.40 bits per heavy atom. The number of piperazine rings is 1. The van der Waals surface area contributed by atoms with Gasteiger partial charge in [-0.1, -0.05) is 42.5 Å². The number of benzene rings is 2. The first kappa shape index (κ1) is 23.4. The van der Waals surface area contributed by atoms with E-state index in [4.69, 9.17) is 19.8 Å². The van der Waals surface area contributed by atoms with E-state index in [2.05, 4.69) is 35.4 Å². The van der Waals surface area contributed by atoms with E-state index < -0.39 is 11.9 Å². The molecule has 1 aliphatic heterocycles. The van der Waals surface area contributed by atoms with Crippen LogP contribution in [-0.4, -0.2) is 70.3 Å². The lowest BCUT2D eigenvalue weighted by molar-refractivity contribution is -0.159. The molecular weight excluding hydrogens is 404 g/mol. The molecule has 0 saturated carbocycles. The van der Waals surface area contributed by atoms with Crippen LogP contribution in [0.3, 0.4) is 0 Å². The first-order chi connectivity index (χ1) is 14.4. The molecule has 1 saturated heterocycles. The molecule has 2 aromatic carbocycles. The maximum Gasteiger partial charge on any atom is 0.414 e. The van der Waals surface area contributed by atoms with Crippen molar-refractivity contribution in [1.29, 1.82) is 0 Å². The zero-order valence-electron chi connectivity index (χ0n) is 16.9. The molecule has 0 unspecified atom stereocenters. The van der Waals surface area contributed by atoms with Crippen LogP contribution >= 0.6 is 11.8 Å². The van der Waals surface area contributed by atoms with Crippen LogP contribution in [0.5, 0.6) is 0 Å². The standard InChI is InChI=1S/C20H24N2OS.C2H2O4/c1-24-19-9-7-18(8-10-19)16-21-11-13-22(14-12-21)20(23)15-17-5-3-2-4-6-17;3-1(4)2(5)6/h2-10H,11-16H2,1H3;(H,3,4)(H,5,6). The number of carbonyl (C=O) groups is 3. The predicted octanol–water partition coefficient (Wildman–Crippen LogP) is 2.45. The number of aliphatic carboxylic acids is 2. The number of carboxylic acids is 2. The molecule has 0 radical (unpaired) electrons. The van der Waals surface area contributed by atoms with Gasteiger partial charge in [-0.25, -0.2) is 9.59 Å². The van der Waals surface area contributed by atoms with Gasteiger partial charge in [-0.2, -0.15) is 0 Å². The molecule has 1 amide bonds. The van der Waals surface area contributed by atoms with E-state index in [-0.39, 0.29) is 5.91 Å². The van der Waals surface area contributed by atoms with Gasteiger partial charge >= 0.3 is 11.9 Å². The second kappa shape index (κ2) is 12.0. The summed E-state index contributed by atoms with van der Waals surface area (Å²) in [5, 5.41) is 14.8. The Hall–Kier alpha value is -2.84. The molecule has 7 nitrogen and oxygen atoms in total. The first-order valence-electron chi connectivity index (χ1n) is 9.52. The highest BCUT2D eigenvalue weighted by Gasteiger charge is 2.21. The maximum atomic E-state index is 12.4. The number of thioether (sulfide) groups is 1. The molecule has 160 valence electrons. The number of amides is 1. The number of hydrogen-bond acceptors (Lipinski definition) is 5. The van der Waals surface area contributed by atoms with Crippen LogP contribution in [0.15, 0.2) is 59.5 Å². The van der Waals surface area contributed by atoms with Crippen molar-refractivity contribution in [1.82, 2.24) is 9.80 Å². The van der Waals surface area contributed by atoms with E-state index in [1.165, 1.54) is 10.5 Å². The summed E-state index contributed by atoms with van der Waals surface area (Å²) in [5.41, 5.74) is 2.44. The smallest absolute Gasteiger partial charge is 0.414 e. The molecule has 8 heteroatoms. The Labute approximate surface area is 180 Å². The summed E-state index contributed by atoms with van der Waals surface area (Å²) in [7, 11) is 0. The molecule has 2 N–H and O–H groups in total. The van der Waals surface area contributed by atoms with E-state index in [0.717, 1.165) is 38.3 Å². The van der Waals surface area contributed by atoms with Crippen LogP contribution in [0.25, 0.3) is 0 Å². The van der Waals surface area contributed by atoms with Crippen molar-refractivity contribution < 1.29 is 24.6 Å². The second-order valence-corrected chi connectivity index (χ2v) is 7.66. The summed E-state index contributed by atoms with van der Waals surface area (Å²) in [4.78, 5) is 36.3. The van der Waals surface area contributed by atoms with Crippen molar-refractivity contribution in [2.45, 2.75) is 17.9 Å². The summed E-state index contributed by atoms with van der Waals surface area (Å²) < 4.78 is 0. The van der Waals surface area contributed by atoms with E-state index in [0.29, 0.717) is 6.42 Å². The highest BCUT2D eigenvalue weighted by atomic mass is 32.2. The van der Waals surface area contributed by atoms with E-state index in [1.54, 1.807) is 11.8 Å². The summed E-state index contributed by atoms with van der Waals surface area (Å²) in [6.45, 7) is 4.52. The summed E-state index contributed by atoms with van der Waals surface area (Å²) in [6, 6.07) is 18.8. The Kier molecular flexibility index (Phi) is 9.37. The van der Waals surface area contributed by atoms with Crippen LogP contribution in [0.2, 0.25) is 0 Å². The van der Waals surface area contributed by atoms with E-state index in [9.17, 15) is 4.79 Å². The minimum atomic E-state index is -1.82. The molecule has 0 aromatic heterocycles. The van der Waals surface area contributed by atoms with Crippen molar-refractivity contribution in [3.05, 3.63) is 65.7 Å². The molecule has 2 aromatic rings. The van der Waals surface area contributed by atoms with Crippen LogP contribution < -0.4 is 0 Å². The number of carboxylic acid groups (broad SMARTS) is 2. The normalized spacial score (nSPS) is 13.8. The fourth-order valence-corrected chi connectivity index (χ4v) is 3.44. The molecule has 1 aliphatic rings. The zero-order chi connectivity index (χ0) is 21.9. The molecule has 0 bridgehead atoms. The molecule has 1 fully saturated rings. The SMILES string of the molecule is CSc1ccc(CN2CCN(C(=O)Cc3ccccc3)CC2)cc1.O=C(O)C(=O)O. The maximum absolute atomic E-state index is 12.4. The number of rotatable bonds is 5. The number of carbonyl (C=O) groups excluding carboxylic acids is 1. The Morgan fingerprint density at radius 3 is 1.90 bits per heavy atom. The fraction of sp³-hybridized carbons (Fsp3) is 0.318. The average Bonchev–Trinajstić information content (AvgIpc) is 2.76. The van der Waals surface area contributed by atoms with Gasteiger partial charge in [-0.3, -0.25) is 9.69 Å². The Balaban J connectivity index is 0.000000469. The van der Waals surface area contributed by atoms with E-state index in [1.807, 2.05) is 35.2 Å². The van der Waals surface area contributed by atoms with Gasteiger partial charge in [0.25, 0.3) is 0 Å². The Bertz CT molecular complexity index is 822. The molecule has 30 heavy (non-hydrogen) atoms. The monoisotopic (exact) mass is 430 g/mol. The average molecular weight is 431 g/mol. The van der Waals surface area contributed by atoms with Gasteiger partial charge in [-0.15, -0.1) is 11.8 Å². The van der Waals surface area contributed by atoms with Crippen molar-refractivity contribution in [2.75, 3.05) is 32.4 Å². The third-order valence-corrected chi connectivity index (χ3v) is 5.41. The molecule has 3 rings (SSSR count). The van der Waals surface area contributed by atoms with Gasteiger partial charge in [0.2, 0.25) is 5.91 Å². The summed E-state index contributed by atoms with van der Waals surface area (Å²) in [6.07, 6.45) is 2.61. The largest absolute Gasteiger partial charge is 0.473 e. The molecular formula is C22H26N2O5S. The first-order valence-corrected chi connectivity index (χ1v) is 10.7. The lowest BCUT2D eigenvalue weighted by atomic mass is 10.1. The van der Waals surface area contributed by atoms with Crippen LogP contribution in [0.1, 0.15) is 11.1 Å². The quantitative estimate of drug-likeness (QED) is 0.555. The van der Waals surface area contributed by atoms with Gasteiger partial charge in [0.15, 0.2) is 0 Å². The number of hydrogen-bond donors (Lipinski definition) is 2. The third-order valence-electron chi connectivity index (χ3n) is 4.67. The van der Waals surface area contributed by atoms with E-state index >= 15 is 0 Å². The van der Waals surface area contributed by atoms with Gasteiger partial charge in [-0.05, 0) is 29.5 Å². The van der Waals surface area contributed by atoms with Crippen LogP contribution in [-0.2, 0) is 27.3 Å². The highest BCUT2D eigenvalue weighted by Crippen LogP contribution is 2.16. The van der Waals surface area contributed by atoms with Crippen LogP contribution in [0.4, 0.5) is 0 Å². The van der Waals surface area contributed by atoms with Crippen molar-refractivity contribution in [2.24, 2.45) is 0 Å². The summed E-state index contributed by atoms with van der Waals surface area (Å²) >= 11 is 1.77. The third kappa shape index (κ3) is 7.88. The minimum absolute atomic E-state index is 0.241. The lowest BCUT2D eigenvalue weighted by Crippen LogP contribution is -2.48. The van der Waals surface area contributed by atoms with Gasteiger partial charge < -0.3 is 15.1 Å². The van der Waals surface area contributed by atoms with Crippen molar-refractivity contribution in [3.8, 4) is 0 Å². The number of nitrogens with zero attached hydrogens (tertiary/aromatic N) is 2. The molecule has 0 atom stereocenters.